The van der Waals surface area contributed by atoms with Gasteiger partial charge in [-0.3, -0.25) is 9.69 Å². The number of carbonyl (C=O) groups excluding carboxylic acids is 1. The topological polar surface area (TPSA) is 32.8 Å². The summed E-state index contributed by atoms with van der Waals surface area (Å²) >= 11 is 0. The van der Waals surface area contributed by atoms with Crippen molar-refractivity contribution < 1.29 is 13.9 Å². The van der Waals surface area contributed by atoms with Gasteiger partial charge >= 0.3 is 0 Å². The summed E-state index contributed by atoms with van der Waals surface area (Å²) in [7, 11) is 2.06. The largest absolute Gasteiger partial charge is 0.378 e. The smallest absolute Gasteiger partial charge is 0.225 e. The van der Waals surface area contributed by atoms with Gasteiger partial charge in [-0.1, -0.05) is 12.1 Å². The van der Waals surface area contributed by atoms with Crippen molar-refractivity contribution in [3.8, 4) is 0 Å². The standard InChI is InChI=1S/C18H25FN2O2/c1-20-9-10-21(18(22)12-16-4-2-3-11-23-16)13-17(20)14-5-7-15(19)8-6-14/h5-8,16-17H,2-4,9-13H2,1H3. The molecule has 2 atom stereocenters. The fraction of sp³-hybridized carbons (Fsp3) is 0.611. The van der Waals surface area contributed by atoms with Gasteiger partial charge in [0, 0.05) is 26.2 Å². The second-order valence-electron chi connectivity index (χ2n) is 6.58. The van der Waals surface area contributed by atoms with Crippen molar-refractivity contribution in [3.05, 3.63) is 35.6 Å². The molecule has 1 amide bonds. The minimum absolute atomic E-state index is 0.0835. The van der Waals surface area contributed by atoms with Gasteiger partial charge in [-0.15, -0.1) is 0 Å². The van der Waals surface area contributed by atoms with Crippen LogP contribution in [0.5, 0.6) is 0 Å². The molecule has 1 aromatic rings. The Morgan fingerprint density at radius 3 is 2.74 bits per heavy atom. The molecule has 0 saturated carbocycles. The molecule has 2 aliphatic rings. The van der Waals surface area contributed by atoms with Crippen molar-refractivity contribution in [3.63, 3.8) is 0 Å². The first-order chi connectivity index (χ1) is 11.1. The van der Waals surface area contributed by atoms with E-state index in [0.29, 0.717) is 13.0 Å². The molecule has 4 nitrogen and oxygen atoms in total. The summed E-state index contributed by atoms with van der Waals surface area (Å²) in [6, 6.07) is 6.73. The Balaban J connectivity index is 1.62. The second kappa shape index (κ2) is 7.41. The van der Waals surface area contributed by atoms with Gasteiger partial charge < -0.3 is 9.64 Å². The third-order valence-electron chi connectivity index (χ3n) is 4.93. The van der Waals surface area contributed by atoms with E-state index >= 15 is 0 Å². The molecule has 0 aliphatic carbocycles. The average molecular weight is 320 g/mol. The van der Waals surface area contributed by atoms with Gasteiger partial charge in [0.1, 0.15) is 5.82 Å². The zero-order chi connectivity index (χ0) is 16.2. The summed E-state index contributed by atoms with van der Waals surface area (Å²) < 4.78 is 18.8. The maximum atomic E-state index is 13.1. The number of benzene rings is 1. The monoisotopic (exact) mass is 320 g/mol. The van der Waals surface area contributed by atoms with Gasteiger partial charge in [0.15, 0.2) is 0 Å². The molecule has 2 unspecified atom stereocenters. The number of carbonyl (C=O) groups is 1. The zero-order valence-electron chi connectivity index (χ0n) is 13.7. The van der Waals surface area contributed by atoms with Crippen LogP contribution >= 0.6 is 0 Å². The lowest BCUT2D eigenvalue weighted by Gasteiger charge is -2.40. The summed E-state index contributed by atoms with van der Waals surface area (Å²) in [5, 5.41) is 0. The van der Waals surface area contributed by atoms with Crippen LogP contribution in [0.1, 0.15) is 37.3 Å². The third kappa shape index (κ3) is 4.09. The Bertz CT molecular complexity index is 528. The van der Waals surface area contributed by atoms with Crippen LogP contribution in [0.25, 0.3) is 0 Å². The molecular weight excluding hydrogens is 295 g/mol. The van der Waals surface area contributed by atoms with Crippen LogP contribution in [0, 0.1) is 5.82 Å². The van der Waals surface area contributed by atoms with Crippen molar-refractivity contribution >= 4 is 5.91 Å². The molecule has 0 radical (unpaired) electrons. The summed E-state index contributed by atoms with van der Waals surface area (Å²) in [6.07, 6.45) is 3.81. The minimum atomic E-state index is -0.227. The number of ether oxygens (including phenoxy) is 1. The highest BCUT2D eigenvalue weighted by atomic mass is 19.1. The Hall–Kier alpha value is -1.46. The molecule has 3 rings (SSSR count). The van der Waals surface area contributed by atoms with E-state index in [2.05, 4.69) is 11.9 Å². The van der Waals surface area contributed by atoms with E-state index < -0.39 is 0 Å². The van der Waals surface area contributed by atoms with Gasteiger partial charge in [-0.05, 0) is 44.0 Å². The Morgan fingerprint density at radius 1 is 1.26 bits per heavy atom. The predicted molar refractivity (Wildman–Crippen MR) is 86.6 cm³/mol. The van der Waals surface area contributed by atoms with E-state index in [1.54, 1.807) is 0 Å². The van der Waals surface area contributed by atoms with E-state index in [1.807, 2.05) is 17.0 Å². The molecule has 2 aliphatic heterocycles. The van der Waals surface area contributed by atoms with E-state index in [9.17, 15) is 9.18 Å². The van der Waals surface area contributed by atoms with Crippen LogP contribution in [-0.4, -0.2) is 55.1 Å². The van der Waals surface area contributed by atoms with Crippen molar-refractivity contribution in [2.45, 2.75) is 37.8 Å². The lowest BCUT2D eigenvalue weighted by molar-refractivity contribution is -0.137. The van der Waals surface area contributed by atoms with Crippen LogP contribution in [-0.2, 0) is 9.53 Å². The van der Waals surface area contributed by atoms with E-state index in [1.165, 1.54) is 12.1 Å². The van der Waals surface area contributed by atoms with Gasteiger partial charge in [0.2, 0.25) is 5.91 Å². The summed E-state index contributed by atoms with van der Waals surface area (Å²) in [6.45, 7) is 3.02. The Labute approximate surface area is 137 Å². The first-order valence-corrected chi connectivity index (χ1v) is 8.48. The molecule has 1 aromatic carbocycles. The Kier molecular flexibility index (Phi) is 5.28. The van der Waals surface area contributed by atoms with Gasteiger partial charge in [0.05, 0.1) is 18.6 Å². The number of hydrogen-bond donors (Lipinski definition) is 0. The molecule has 0 aromatic heterocycles. The van der Waals surface area contributed by atoms with Crippen molar-refractivity contribution in [2.24, 2.45) is 0 Å². The number of piperazine rings is 1. The number of halogens is 1. The van der Waals surface area contributed by atoms with E-state index in [-0.39, 0.29) is 23.9 Å². The summed E-state index contributed by atoms with van der Waals surface area (Å²) in [4.78, 5) is 16.7. The quantitative estimate of drug-likeness (QED) is 0.858. The van der Waals surface area contributed by atoms with E-state index in [0.717, 1.165) is 44.5 Å². The molecule has 0 spiro atoms. The SMILES string of the molecule is CN1CCN(C(=O)CC2CCCCO2)CC1c1ccc(F)cc1. The van der Waals surface area contributed by atoms with Gasteiger partial charge in [0.25, 0.3) is 0 Å². The zero-order valence-corrected chi connectivity index (χ0v) is 13.7. The number of nitrogens with zero attached hydrogens (tertiary/aromatic N) is 2. The second-order valence-corrected chi connectivity index (χ2v) is 6.58. The lowest BCUT2D eigenvalue weighted by atomic mass is 10.0. The van der Waals surface area contributed by atoms with Crippen molar-refractivity contribution in [1.29, 1.82) is 0 Å². The van der Waals surface area contributed by atoms with E-state index in [4.69, 9.17) is 4.74 Å². The lowest BCUT2D eigenvalue weighted by Crippen LogP contribution is -2.49. The van der Waals surface area contributed by atoms with Crippen LogP contribution in [0.3, 0.4) is 0 Å². The molecule has 0 bridgehead atoms. The molecule has 2 heterocycles. The third-order valence-corrected chi connectivity index (χ3v) is 4.93. The normalized spacial score (nSPS) is 26.3. The highest BCUT2D eigenvalue weighted by Crippen LogP contribution is 2.25. The highest BCUT2D eigenvalue weighted by Gasteiger charge is 2.30. The first kappa shape index (κ1) is 16.4. The predicted octanol–water partition coefficient (Wildman–Crippen LogP) is 2.60. The number of likely N-dealkylation sites (N-methyl/N-ethyl adjacent to an activating group) is 1. The number of amides is 1. The minimum Gasteiger partial charge on any atom is -0.378 e. The van der Waals surface area contributed by atoms with Crippen LogP contribution in [0.4, 0.5) is 4.39 Å². The average Bonchev–Trinajstić information content (AvgIpc) is 2.57. The fourth-order valence-electron chi connectivity index (χ4n) is 3.44. The molecule has 5 heteroatoms. The van der Waals surface area contributed by atoms with Gasteiger partial charge in [-0.25, -0.2) is 4.39 Å². The molecule has 126 valence electrons. The molecule has 2 saturated heterocycles. The Morgan fingerprint density at radius 2 is 2.04 bits per heavy atom. The first-order valence-electron chi connectivity index (χ1n) is 8.48. The molecule has 2 fully saturated rings. The number of rotatable bonds is 3. The van der Waals surface area contributed by atoms with Crippen molar-refractivity contribution in [2.75, 3.05) is 33.3 Å². The summed E-state index contributed by atoms with van der Waals surface area (Å²) in [5.41, 5.74) is 1.06. The summed E-state index contributed by atoms with van der Waals surface area (Å²) in [5.74, 6) is -0.0493. The molecule has 23 heavy (non-hydrogen) atoms. The van der Waals surface area contributed by atoms with Gasteiger partial charge in [-0.2, -0.15) is 0 Å². The van der Waals surface area contributed by atoms with Crippen LogP contribution in [0.2, 0.25) is 0 Å². The maximum absolute atomic E-state index is 13.1. The highest BCUT2D eigenvalue weighted by molar-refractivity contribution is 5.77. The fourth-order valence-corrected chi connectivity index (χ4v) is 3.44. The number of hydrogen-bond acceptors (Lipinski definition) is 3. The van der Waals surface area contributed by atoms with Crippen LogP contribution < -0.4 is 0 Å². The van der Waals surface area contributed by atoms with Crippen molar-refractivity contribution in [1.82, 2.24) is 9.80 Å². The van der Waals surface area contributed by atoms with Crippen LogP contribution in [0.15, 0.2) is 24.3 Å². The molecule has 0 N–H and O–H groups in total. The molecular formula is C18H25FN2O2. The maximum Gasteiger partial charge on any atom is 0.225 e.